The lowest BCUT2D eigenvalue weighted by atomic mass is 9.87. The quantitative estimate of drug-likeness (QED) is 0.721. The maximum Gasteiger partial charge on any atom is 0.175 e. The Morgan fingerprint density at radius 3 is 2.52 bits per heavy atom. The topological polar surface area (TPSA) is 52.8 Å². The Hall–Kier alpha value is -2.40. The van der Waals surface area contributed by atoms with Crippen molar-refractivity contribution in [2.75, 3.05) is 7.11 Å². The number of rotatable bonds is 5. The van der Waals surface area contributed by atoms with Gasteiger partial charge in [-0.15, -0.1) is 10.2 Å². The van der Waals surface area contributed by atoms with Crippen LogP contribution >= 0.6 is 11.6 Å². The average molecular weight is 329 g/mol. The summed E-state index contributed by atoms with van der Waals surface area (Å²) >= 11 is 6.02. The number of methoxy groups -OCH3 is 1. The SMILES string of the molecule is COc1ccccc1C(Cc1nnn(C)n1)c1ccc(Cl)cc1. The minimum Gasteiger partial charge on any atom is -0.496 e. The molecule has 23 heavy (non-hydrogen) atoms. The van der Waals surface area contributed by atoms with Crippen LogP contribution < -0.4 is 4.74 Å². The van der Waals surface area contributed by atoms with Crippen molar-refractivity contribution in [1.82, 2.24) is 20.2 Å². The molecular formula is C17H17ClN4O. The summed E-state index contributed by atoms with van der Waals surface area (Å²) < 4.78 is 5.53. The van der Waals surface area contributed by atoms with Crippen LogP contribution in [0, 0.1) is 0 Å². The molecule has 0 N–H and O–H groups in total. The van der Waals surface area contributed by atoms with Crippen LogP contribution in [0.4, 0.5) is 0 Å². The van der Waals surface area contributed by atoms with E-state index in [1.807, 2.05) is 42.5 Å². The summed E-state index contributed by atoms with van der Waals surface area (Å²) in [5.41, 5.74) is 2.22. The first-order chi connectivity index (χ1) is 11.2. The fraction of sp³-hybridized carbons (Fsp3) is 0.235. The maximum absolute atomic E-state index is 6.02. The number of ether oxygens (including phenoxy) is 1. The Morgan fingerprint density at radius 1 is 1.13 bits per heavy atom. The van der Waals surface area contributed by atoms with Gasteiger partial charge in [-0.25, -0.2) is 0 Å². The molecule has 2 aromatic carbocycles. The summed E-state index contributed by atoms with van der Waals surface area (Å²) in [5.74, 6) is 1.60. The highest BCUT2D eigenvalue weighted by Crippen LogP contribution is 2.34. The Kier molecular flexibility index (Phi) is 4.57. The number of halogens is 1. The molecule has 0 saturated heterocycles. The molecule has 1 aromatic heterocycles. The lowest BCUT2D eigenvalue weighted by Crippen LogP contribution is -2.08. The Bertz CT molecular complexity index is 785. The first-order valence-electron chi connectivity index (χ1n) is 7.28. The summed E-state index contributed by atoms with van der Waals surface area (Å²) in [6, 6.07) is 15.8. The number of nitrogens with zero attached hydrogens (tertiary/aromatic N) is 4. The second-order valence-electron chi connectivity index (χ2n) is 5.25. The van der Waals surface area contributed by atoms with E-state index in [0.29, 0.717) is 17.3 Å². The molecule has 0 aliphatic heterocycles. The van der Waals surface area contributed by atoms with Gasteiger partial charge in [0.1, 0.15) is 5.75 Å². The molecule has 0 saturated carbocycles. The van der Waals surface area contributed by atoms with Gasteiger partial charge in [0.2, 0.25) is 0 Å². The van der Waals surface area contributed by atoms with E-state index in [0.717, 1.165) is 16.9 Å². The van der Waals surface area contributed by atoms with Gasteiger partial charge in [-0.3, -0.25) is 0 Å². The van der Waals surface area contributed by atoms with Gasteiger partial charge in [0.15, 0.2) is 5.82 Å². The molecule has 118 valence electrons. The Labute approximate surface area is 139 Å². The lowest BCUT2D eigenvalue weighted by molar-refractivity contribution is 0.407. The third kappa shape index (κ3) is 3.51. The zero-order chi connectivity index (χ0) is 16.2. The van der Waals surface area contributed by atoms with Crippen molar-refractivity contribution in [2.45, 2.75) is 12.3 Å². The Balaban J connectivity index is 2.03. The predicted molar refractivity (Wildman–Crippen MR) is 88.8 cm³/mol. The fourth-order valence-electron chi connectivity index (χ4n) is 2.64. The monoisotopic (exact) mass is 328 g/mol. The van der Waals surface area contributed by atoms with Crippen LogP contribution in [0.25, 0.3) is 0 Å². The number of benzene rings is 2. The van der Waals surface area contributed by atoms with Crippen LogP contribution in [0.2, 0.25) is 5.02 Å². The largest absolute Gasteiger partial charge is 0.496 e. The first-order valence-corrected chi connectivity index (χ1v) is 7.66. The van der Waals surface area contributed by atoms with E-state index in [1.165, 1.54) is 4.80 Å². The van der Waals surface area contributed by atoms with Crippen molar-refractivity contribution in [3.05, 3.63) is 70.5 Å². The normalized spacial score (nSPS) is 12.1. The summed E-state index contributed by atoms with van der Waals surface area (Å²) in [7, 11) is 3.44. The number of aryl methyl sites for hydroxylation is 1. The fourth-order valence-corrected chi connectivity index (χ4v) is 2.77. The molecule has 3 aromatic rings. The van der Waals surface area contributed by atoms with Crippen molar-refractivity contribution in [3.63, 3.8) is 0 Å². The molecule has 0 spiro atoms. The van der Waals surface area contributed by atoms with Crippen molar-refractivity contribution >= 4 is 11.6 Å². The third-order valence-electron chi connectivity index (χ3n) is 3.72. The van der Waals surface area contributed by atoms with Crippen LogP contribution in [-0.2, 0) is 13.5 Å². The molecule has 1 atom stereocenters. The van der Waals surface area contributed by atoms with Gasteiger partial charge < -0.3 is 4.74 Å². The third-order valence-corrected chi connectivity index (χ3v) is 3.98. The Morgan fingerprint density at radius 2 is 1.87 bits per heavy atom. The van der Waals surface area contributed by atoms with Crippen LogP contribution in [0.3, 0.4) is 0 Å². The summed E-state index contributed by atoms with van der Waals surface area (Å²) in [6.45, 7) is 0. The molecule has 0 fully saturated rings. The zero-order valence-electron chi connectivity index (χ0n) is 13.0. The highest BCUT2D eigenvalue weighted by atomic mass is 35.5. The van der Waals surface area contributed by atoms with Crippen molar-refractivity contribution < 1.29 is 4.74 Å². The van der Waals surface area contributed by atoms with Crippen LogP contribution in [-0.4, -0.2) is 27.3 Å². The van der Waals surface area contributed by atoms with Gasteiger partial charge in [0.25, 0.3) is 0 Å². The van der Waals surface area contributed by atoms with Crippen molar-refractivity contribution in [3.8, 4) is 5.75 Å². The van der Waals surface area contributed by atoms with E-state index in [1.54, 1.807) is 14.2 Å². The van der Waals surface area contributed by atoms with E-state index < -0.39 is 0 Å². The van der Waals surface area contributed by atoms with E-state index in [2.05, 4.69) is 21.5 Å². The molecule has 0 aliphatic carbocycles. The highest BCUT2D eigenvalue weighted by molar-refractivity contribution is 6.30. The van der Waals surface area contributed by atoms with Crippen LogP contribution in [0.1, 0.15) is 22.9 Å². The number of tetrazole rings is 1. The molecule has 3 rings (SSSR count). The van der Waals surface area contributed by atoms with Crippen molar-refractivity contribution in [2.24, 2.45) is 7.05 Å². The summed E-state index contributed by atoms with van der Waals surface area (Å²) in [5, 5.41) is 13.0. The second-order valence-corrected chi connectivity index (χ2v) is 5.68. The first kappa shape index (κ1) is 15.5. The summed E-state index contributed by atoms with van der Waals surface area (Å²) in [6.07, 6.45) is 0.635. The van der Waals surface area contributed by atoms with Gasteiger partial charge in [-0.2, -0.15) is 4.80 Å². The molecule has 0 aliphatic rings. The summed E-state index contributed by atoms with van der Waals surface area (Å²) in [4.78, 5) is 1.47. The molecule has 6 heteroatoms. The van der Waals surface area contributed by atoms with Gasteiger partial charge in [-0.1, -0.05) is 41.9 Å². The second kappa shape index (κ2) is 6.79. The zero-order valence-corrected chi connectivity index (χ0v) is 13.7. The molecule has 5 nitrogen and oxygen atoms in total. The molecule has 0 bridgehead atoms. The number of aromatic nitrogens is 4. The van der Waals surface area contributed by atoms with Gasteiger partial charge in [0.05, 0.1) is 14.2 Å². The number of hydrogen-bond acceptors (Lipinski definition) is 4. The van der Waals surface area contributed by atoms with E-state index >= 15 is 0 Å². The minimum absolute atomic E-state index is 0.0626. The van der Waals surface area contributed by atoms with Crippen LogP contribution in [0.15, 0.2) is 48.5 Å². The molecule has 0 amide bonds. The number of para-hydroxylation sites is 1. The maximum atomic E-state index is 6.02. The van der Waals surface area contributed by atoms with Gasteiger partial charge in [-0.05, 0) is 29.0 Å². The highest BCUT2D eigenvalue weighted by Gasteiger charge is 2.21. The standard InChI is InChI=1S/C17H17ClN4O/c1-22-20-17(19-21-22)11-15(12-7-9-13(18)10-8-12)14-5-3-4-6-16(14)23-2/h3-10,15H,11H2,1-2H3. The van der Waals surface area contributed by atoms with E-state index in [4.69, 9.17) is 16.3 Å². The van der Waals surface area contributed by atoms with E-state index in [-0.39, 0.29) is 5.92 Å². The lowest BCUT2D eigenvalue weighted by Gasteiger charge is -2.19. The van der Waals surface area contributed by atoms with Gasteiger partial charge >= 0.3 is 0 Å². The molecule has 1 heterocycles. The average Bonchev–Trinajstić information content (AvgIpc) is 2.99. The van der Waals surface area contributed by atoms with Gasteiger partial charge in [0, 0.05) is 22.9 Å². The van der Waals surface area contributed by atoms with Crippen LogP contribution in [0.5, 0.6) is 5.75 Å². The smallest absolute Gasteiger partial charge is 0.175 e. The number of hydrogen-bond donors (Lipinski definition) is 0. The molecular weight excluding hydrogens is 312 g/mol. The predicted octanol–water partition coefficient (Wildman–Crippen LogP) is 3.25. The van der Waals surface area contributed by atoms with Crippen molar-refractivity contribution in [1.29, 1.82) is 0 Å². The minimum atomic E-state index is 0.0626. The van der Waals surface area contributed by atoms with E-state index in [9.17, 15) is 0 Å². The molecule has 0 radical (unpaired) electrons. The molecule has 1 unspecified atom stereocenters.